The average Bonchev–Trinajstić information content (AvgIpc) is 3.00. The predicted octanol–water partition coefficient (Wildman–Crippen LogP) is 3.25. The first-order valence-electron chi connectivity index (χ1n) is 6.67. The van der Waals surface area contributed by atoms with Crippen LogP contribution in [0.3, 0.4) is 0 Å². The minimum atomic E-state index is 0.0627. The van der Waals surface area contributed by atoms with Crippen LogP contribution in [-0.2, 0) is 11.2 Å². The Morgan fingerprint density at radius 2 is 2.15 bits per heavy atom. The standard InChI is InChI=1S/C16H18N2OS/c1-2-18(11-7-14-5-9-17-10-6-14)16(19)4-3-15-8-12-20-13-15/h3-6,8-10,12-13H,2,7,11H2,1H3/b4-3+. The van der Waals surface area contributed by atoms with E-state index in [-0.39, 0.29) is 5.91 Å². The van der Waals surface area contributed by atoms with Crippen molar-refractivity contribution in [2.45, 2.75) is 13.3 Å². The molecule has 3 nitrogen and oxygen atoms in total. The Hall–Kier alpha value is -1.94. The molecular formula is C16H18N2OS. The second-order valence-electron chi connectivity index (χ2n) is 4.41. The molecule has 0 radical (unpaired) electrons. The number of hydrogen-bond acceptors (Lipinski definition) is 3. The number of rotatable bonds is 6. The number of carbonyl (C=O) groups is 1. The molecule has 2 aromatic rings. The molecular weight excluding hydrogens is 268 g/mol. The summed E-state index contributed by atoms with van der Waals surface area (Å²) >= 11 is 1.63. The van der Waals surface area contributed by atoms with E-state index < -0.39 is 0 Å². The van der Waals surface area contributed by atoms with Crippen molar-refractivity contribution in [3.05, 3.63) is 58.6 Å². The van der Waals surface area contributed by atoms with Crippen molar-refractivity contribution in [3.63, 3.8) is 0 Å². The third-order valence-corrected chi connectivity index (χ3v) is 3.78. The van der Waals surface area contributed by atoms with E-state index in [0.29, 0.717) is 0 Å². The van der Waals surface area contributed by atoms with Crippen LogP contribution in [0.2, 0.25) is 0 Å². The monoisotopic (exact) mass is 286 g/mol. The topological polar surface area (TPSA) is 33.2 Å². The summed E-state index contributed by atoms with van der Waals surface area (Å²) in [6.45, 7) is 3.45. The van der Waals surface area contributed by atoms with Crippen LogP contribution >= 0.6 is 11.3 Å². The highest BCUT2D eigenvalue weighted by molar-refractivity contribution is 7.08. The van der Waals surface area contributed by atoms with Crippen molar-refractivity contribution in [2.75, 3.05) is 13.1 Å². The number of thiophene rings is 1. The molecule has 0 aliphatic heterocycles. The molecule has 2 aromatic heterocycles. The molecule has 2 rings (SSSR count). The predicted molar refractivity (Wildman–Crippen MR) is 83.5 cm³/mol. The molecule has 4 heteroatoms. The normalized spacial score (nSPS) is 10.8. The third kappa shape index (κ3) is 4.31. The molecule has 1 amide bonds. The van der Waals surface area contributed by atoms with Crippen molar-refractivity contribution in [1.82, 2.24) is 9.88 Å². The first kappa shape index (κ1) is 14.5. The van der Waals surface area contributed by atoms with Crippen molar-refractivity contribution in [1.29, 1.82) is 0 Å². The maximum atomic E-state index is 12.1. The fourth-order valence-electron chi connectivity index (χ4n) is 1.88. The molecule has 104 valence electrons. The first-order valence-corrected chi connectivity index (χ1v) is 7.62. The van der Waals surface area contributed by atoms with Crippen molar-refractivity contribution < 1.29 is 4.79 Å². The lowest BCUT2D eigenvalue weighted by molar-refractivity contribution is -0.125. The lowest BCUT2D eigenvalue weighted by Gasteiger charge is -2.19. The van der Waals surface area contributed by atoms with Crippen LogP contribution < -0.4 is 0 Å². The number of carbonyl (C=O) groups excluding carboxylic acids is 1. The number of pyridine rings is 1. The van der Waals surface area contributed by atoms with E-state index in [1.54, 1.807) is 29.8 Å². The van der Waals surface area contributed by atoms with Gasteiger partial charge in [-0.25, -0.2) is 0 Å². The molecule has 0 saturated heterocycles. The molecule has 0 fully saturated rings. The van der Waals surface area contributed by atoms with E-state index in [4.69, 9.17) is 0 Å². The van der Waals surface area contributed by atoms with Gasteiger partial charge in [-0.05, 0) is 59.5 Å². The van der Waals surface area contributed by atoms with E-state index in [9.17, 15) is 4.79 Å². The molecule has 0 aromatic carbocycles. The zero-order chi connectivity index (χ0) is 14.2. The minimum Gasteiger partial charge on any atom is -0.339 e. The molecule has 0 saturated carbocycles. The Morgan fingerprint density at radius 3 is 2.80 bits per heavy atom. The Kier molecular flexibility index (Phi) is 5.50. The summed E-state index contributed by atoms with van der Waals surface area (Å²) < 4.78 is 0. The molecule has 0 bridgehead atoms. The highest BCUT2D eigenvalue weighted by Crippen LogP contribution is 2.08. The fourth-order valence-corrected chi connectivity index (χ4v) is 2.51. The smallest absolute Gasteiger partial charge is 0.246 e. The van der Waals surface area contributed by atoms with Gasteiger partial charge in [0.15, 0.2) is 0 Å². The Bertz CT molecular complexity index is 549. The zero-order valence-electron chi connectivity index (χ0n) is 11.5. The van der Waals surface area contributed by atoms with Gasteiger partial charge >= 0.3 is 0 Å². The summed E-state index contributed by atoms with van der Waals surface area (Å²) in [4.78, 5) is 18.0. The van der Waals surface area contributed by atoms with Crippen LogP contribution in [0.4, 0.5) is 0 Å². The zero-order valence-corrected chi connectivity index (χ0v) is 12.3. The summed E-state index contributed by atoms with van der Waals surface area (Å²) in [6.07, 6.45) is 7.94. The summed E-state index contributed by atoms with van der Waals surface area (Å²) in [5.74, 6) is 0.0627. The highest BCUT2D eigenvalue weighted by Gasteiger charge is 2.08. The van der Waals surface area contributed by atoms with Crippen molar-refractivity contribution in [2.24, 2.45) is 0 Å². The second-order valence-corrected chi connectivity index (χ2v) is 5.19. The third-order valence-electron chi connectivity index (χ3n) is 3.07. The van der Waals surface area contributed by atoms with Gasteiger partial charge in [0.25, 0.3) is 0 Å². The van der Waals surface area contributed by atoms with Crippen LogP contribution in [0.5, 0.6) is 0 Å². The average molecular weight is 286 g/mol. The lowest BCUT2D eigenvalue weighted by Crippen LogP contribution is -2.31. The van der Waals surface area contributed by atoms with Gasteiger partial charge in [0.2, 0.25) is 5.91 Å². The Labute approximate surface area is 123 Å². The van der Waals surface area contributed by atoms with Crippen LogP contribution in [0.15, 0.2) is 47.4 Å². The van der Waals surface area contributed by atoms with E-state index in [0.717, 1.165) is 25.1 Å². The van der Waals surface area contributed by atoms with E-state index in [2.05, 4.69) is 4.98 Å². The molecule has 20 heavy (non-hydrogen) atoms. The number of amides is 1. The molecule has 0 atom stereocenters. The van der Waals surface area contributed by atoms with Gasteiger partial charge in [0.05, 0.1) is 0 Å². The minimum absolute atomic E-state index is 0.0627. The van der Waals surface area contributed by atoms with Crippen LogP contribution in [0.25, 0.3) is 6.08 Å². The summed E-state index contributed by atoms with van der Waals surface area (Å²) in [5.41, 5.74) is 2.28. The molecule has 2 heterocycles. The van der Waals surface area contributed by atoms with Gasteiger partial charge < -0.3 is 4.90 Å². The molecule has 0 aliphatic carbocycles. The number of likely N-dealkylation sites (N-methyl/N-ethyl adjacent to an activating group) is 1. The van der Waals surface area contributed by atoms with E-state index >= 15 is 0 Å². The second kappa shape index (κ2) is 7.60. The molecule has 0 spiro atoms. The Morgan fingerprint density at radius 1 is 1.35 bits per heavy atom. The number of aromatic nitrogens is 1. The maximum absolute atomic E-state index is 12.1. The Balaban J connectivity index is 1.89. The first-order chi connectivity index (χ1) is 9.79. The van der Waals surface area contributed by atoms with Gasteiger partial charge in [-0.1, -0.05) is 0 Å². The highest BCUT2D eigenvalue weighted by atomic mass is 32.1. The number of nitrogens with zero attached hydrogens (tertiary/aromatic N) is 2. The molecule has 0 aliphatic rings. The summed E-state index contributed by atoms with van der Waals surface area (Å²) in [6, 6.07) is 5.97. The van der Waals surface area contributed by atoms with Gasteiger partial charge in [-0.3, -0.25) is 9.78 Å². The summed E-state index contributed by atoms with van der Waals surface area (Å²) in [7, 11) is 0. The summed E-state index contributed by atoms with van der Waals surface area (Å²) in [5, 5.41) is 4.03. The van der Waals surface area contributed by atoms with Gasteiger partial charge in [0.1, 0.15) is 0 Å². The lowest BCUT2D eigenvalue weighted by atomic mass is 10.2. The number of hydrogen-bond donors (Lipinski definition) is 0. The van der Waals surface area contributed by atoms with Crippen LogP contribution in [-0.4, -0.2) is 28.9 Å². The molecule has 0 unspecified atom stereocenters. The van der Waals surface area contributed by atoms with Crippen LogP contribution in [0.1, 0.15) is 18.1 Å². The fraction of sp³-hybridized carbons (Fsp3) is 0.250. The maximum Gasteiger partial charge on any atom is 0.246 e. The quantitative estimate of drug-likeness (QED) is 0.764. The largest absolute Gasteiger partial charge is 0.339 e. The van der Waals surface area contributed by atoms with Crippen molar-refractivity contribution in [3.8, 4) is 0 Å². The molecule has 0 N–H and O–H groups in total. The van der Waals surface area contributed by atoms with E-state index in [1.165, 1.54) is 5.56 Å². The van der Waals surface area contributed by atoms with Crippen molar-refractivity contribution >= 4 is 23.3 Å². The van der Waals surface area contributed by atoms with Gasteiger partial charge in [-0.2, -0.15) is 11.3 Å². The van der Waals surface area contributed by atoms with Crippen LogP contribution in [0, 0.1) is 0 Å². The SMILES string of the molecule is CCN(CCc1ccncc1)C(=O)/C=C/c1ccsc1. The van der Waals surface area contributed by atoms with Gasteiger partial charge in [-0.15, -0.1) is 0 Å². The van der Waals surface area contributed by atoms with Gasteiger partial charge in [0, 0.05) is 31.6 Å². The van der Waals surface area contributed by atoms with E-state index in [1.807, 2.05) is 46.9 Å².